The van der Waals surface area contributed by atoms with Crippen LogP contribution in [0.2, 0.25) is 0 Å². The van der Waals surface area contributed by atoms with Crippen LogP contribution in [0.5, 0.6) is 5.88 Å². The van der Waals surface area contributed by atoms with Gasteiger partial charge in [-0.25, -0.2) is 4.98 Å². The molecule has 1 unspecified atom stereocenters. The Balaban J connectivity index is 1.65. The Labute approximate surface area is 161 Å². The van der Waals surface area contributed by atoms with Gasteiger partial charge in [0.2, 0.25) is 11.8 Å². The molecule has 4 rings (SSSR count). The summed E-state index contributed by atoms with van der Waals surface area (Å²) in [6.45, 7) is 3.37. The first-order valence-electron chi connectivity index (χ1n) is 8.62. The van der Waals surface area contributed by atoms with Gasteiger partial charge in [-0.1, -0.05) is 6.92 Å². The first-order chi connectivity index (χ1) is 12.8. The fourth-order valence-electron chi connectivity index (χ4n) is 3.39. The Bertz CT molecular complexity index is 908. The largest absolute Gasteiger partial charge is 0.479 e. The Kier molecular flexibility index (Phi) is 4.86. The number of aromatic nitrogens is 4. The van der Waals surface area contributed by atoms with Crippen molar-refractivity contribution in [2.24, 2.45) is 5.92 Å². The van der Waals surface area contributed by atoms with E-state index in [2.05, 4.69) is 15.0 Å². The molecule has 27 heavy (non-hydrogen) atoms. The van der Waals surface area contributed by atoms with Gasteiger partial charge in [0.15, 0.2) is 11.2 Å². The molecule has 2 aromatic heterocycles. The lowest BCUT2D eigenvalue weighted by Crippen LogP contribution is -2.36. The maximum Gasteiger partial charge on any atom is 0.327 e. The number of hydrogen-bond acceptors (Lipinski definition) is 10. The van der Waals surface area contributed by atoms with Crippen LogP contribution >= 0.6 is 6.72 Å². The minimum atomic E-state index is -2.79. The van der Waals surface area contributed by atoms with Gasteiger partial charge in [0.25, 0.3) is 0 Å². The predicted molar refractivity (Wildman–Crippen MR) is 101 cm³/mol. The van der Waals surface area contributed by atoms with Crippen molar-refractivity contribution in [2.75, 3.05) is 19.5 Å². The van der Waals surface area contributed by atoms with E-state index in [4.69, 9.17) is 40.6 Å². The lowest BCUT2D eigenvalue weighted by atomic mass is 10.0. The number of fused-ring (bicyclic) bond motifs is 2. The summed E-state index contributed by atoms with van der Waals surface area (Å²) >= 11 is 5.49. The van der Waals surface area contributed by atoms with Crippen molar-refractivity contribution in [3.63, 3.8) is 0 Å². The highest BCUT2D eigenvalue weighted by Crippen LogP contribution is 2.58. The molecule has 12 heteroatoms. The van der Waals surface area contributed by atoms with Gasteiger partial charge in [-0.3, -0.25) is 4.57 Å². The number of ether oxygens (including phenoxy) is 2. The summed E-state index contributed by atoms with van der Waals surface area (Å²) in [5.74, 6) is 0.390. The summed E-state index contributed by atoms with van der Waals surface area (Å²) < 4.78 is 30.8. The highest BCUT2D eigenvalue weighted by molar-refractivity contribution is 8.07. The number of rotatable bonds is 4. The van der Waals surface area contributed by atoms with Crippen LogP contribution in [0.3, 0.4) is 0 Å². The molecule has 2 aliphatic heterocycles. The van der Waals surface area contributed by atoms with E-state index in [-0.39, 0.29) is 36.4 Å². The Morgan fingerprint density at radius 3 is 2.89 bits per heavy atom. The van der Waals surface area contributed by atoms with E-state index in [1.807, 2.05) is 25.3 Å². The minimum Gasteiger partial charge on any atom is -0.479 e. The normalized spacial score (nSPS) is 33.5. The quantitative estimate of drug-likeness (QED) is 0.744. The van der Waals surface area contributed by atoms with Crippen LogP contribution in [-0.2, 0) is 30.1 Å². The number of hydrogen-bond donors (Lipinski definition) is 1. The van der Waals surface area contributed by atoms with Crippen LogP contribution in [0.25, 0.3) is 11.2 Å². The highest BCUT2D eigenvalue weighted by atomic mass is 32.5. The van der Waals surface area contributed by atoms with Gasteiger partial charge in [-0.05, 0) is 25.7 Å². The zero-order chi connectivity index (χ0) is 19.3. The summed E-state index contributed by atoms with van der Waals surface area (Å²) in [6.07, 6.45) is 0.697. The van der Waals surface area contributed by atoms with E-state index in [1.54, 1.807) is 6.33 Å². The molecule has 2 aromatic rings. The van der Waals surface area contributed by atoms with Crippen LogP contribution in [0, 0.1) is 5.92 Å². The molecule has 0 aromatic carbocycles. The molecule has 2 fully saturated rings. The van der Waals surface area contributed by atoms with Gasteiger partial charge in [-0.15, -0.1) is 0 Å². The smallest absolute Gasteiger partial charge is 0.327 e. The summed E-state index contributed by atoms with van der Waals surface area (Å²) in [6, 6.07) is 0. The molecule has 0 bridgehead atoms. The molecule has 0 aliphatic carbocycles. The van der Waals surface area contributed by atoms with Crippen molar-refractivity contribution in [3.8, 4) is 5.88 Å². The summed E-state index contributed by atoms with van der Waals surface area (Å²) in [4.78, 5) is 12.7. The van der Waals surface area contributed by atoms with Crippen LogP contribution < -0.4 is 10.5 Å². The van der Waals surface area contributed by atoms with Gasteiger partial charge >= 0.3 is 6.72 Å². The molecule has 2 aliphatic rings. The molecular weight excluding hydrogens is 393 g/mol. The van der Waals surface area contributed by atoms with Crippen molar-refractivity contribution in [2.45, 2.75) is 45.3 Å². The Morgan fingerprint density at radius 1 is 1.41 bits per heavy atom. The van der Waals surface area contributed by atoms with Gasteiger partial charge in [0.05, 0.1) is 26.1 Å². The molecule has 2 saturated heterocycles. The molecule has 0 saturated carbocycles. The van der Waals surface area contributed by atoms with Crippen molar-refractivity contribution in [3.05, 3.63) is 6.33 Å². The third-order valence-electron chi connectivity index (χ3n) is 4.51. The maximum atomic E-state index is 6.19. The molecule has 10 nitrogen and oxygen atoms in total. The number of nitrogen functional groups attached to an aromatic ring is 1. The second kappa shape index (κ2) is 6.91. The van der Waals surface area contributed by atoms with E-state index in [0.29, 0.717) is 23.7 Å². The fraction of sp³-hybridized carbons (Fsp3) is 0.667. The standard InChI is InChI=1S/C15H22N5O5PS/c1-7(2)24-26(27)22-5-9-11(25-26)8(3)14(23-9)20-6-17-10-12(20)18-15(16)19-13(10)21-4/h6-9,11,14H,5H2,1-4H3,(H2,16,18,19)/t8-,9+,11-,14+,26?/m0/s1. The molecule has 4 heterocycles. The second-order valence-electron chi connectivity index (χ2n) is 6.81. The Hall–Kier alpha value is -1.36. The minimum absolute atomic E-state index is 0.0310. The topological polar surface area (TPSA) is 116 Å². The van der Waals surface area contributed by atoms with E-state index < -0.39 is 6.72 Å². The van der Waals surface area contributed by atoms with E-state index in [0.717, 1.165) is 0 Å². The van der Waals surface area contributed by atoms with E-state index in [1.165, 1.54) is 7.11 Å². The average molecular weight is 415 g/mol. The summed E-state index contributed by atoms with van der Waals surface area (Å²) in [7, 11) is 1.51. The maximum absolute atomic E-state index is 6.19. The lowest BCUT2D eigenvalue weighted by Gasteiger charge is -2.34. The molecule has 2 N–H and O–H groups in total. The van der Waals surface area contributed by atoms with Crippen molar-refractivity contribution < 1.29 is 23.0 Å². The van der Waals surface area contributed by atoms with Gasteiger partial charge in [0.1, 0.15) is 18.4 Å². The SMILES string of the molecule is COc1nc(N)nc2c1ncn2[C@@H]1O[C@@H]2COP(=S)(OC(C)C)O[C@H]2[C@@H]1C. The predicted octanol–water partition coefficient (Wildman–Crippen LogP) is 2.02. The molecule has 0 radical (unpaired) electrons. The molecule has 148 valence electrons. The van der Waals surface area contributed by atoms with Crippen LogP contribution in [0.1, 0.15) is 27.0 Å². The number of imidazole rings is 1. The zero-order valence-electron chi connectivity index (χ0n) is 15.4. The third kappa shape index (κ3) is 3.32. The fourth-order valence-corrected chi connectivity index (χ4v) is 6.03. The van der Waals surface area contributed by atoms with E-state index >= 15 is 0 Å². The van der Waals surface area contributed by atoms with E-state index in [9.17, 15) is 0 Å². The van der Waals surface area contributed by atoms with Crippen molar-refractivity contribution in [1.29, 1.82) is 0 Å². The van der Waals surface area contributed by atoms with Crippen LogP contribution in [0.4, 0.5) is 5.95 Å². The van der Waals surface area contributed by atoms with Gasteiger partial charge in [0, 0.05) is 5.92 Å². The van der Waals surface area contributed by atoms with Gasteiger partial charge < -0.3 is 28.8 Å². The molecule has 5 atom stereocenters. The molecule has 0 spiro atoms. The number of nitrogens with zero attached hydrogens (tertiary/aromatic N) is 4. The Morgan fingerprint density at radius 2 is 2.19 bits per heavy atom. The number of nitrogens with two attached hydrogens (primary N) is 1. The lowest BCUT2D eigenvalue weighted by molar-refractivity contribution is -0.0633. The van der Waals surface area contributed by atoms with Crippen molar-refractivity contribution >= 4 is 35.6 Å². The molecular formula is C15H22N5O5PS. The van der Waals surface area contributed by atoms with Crippen LogP contribution in [0.15, 0.2) is 6.33 Å². The number of anilines is 1. The molecule has 0 amide bonds. The average Bonchev–Trinajstić information content (AvgIpc) is 3.14. The van der Waals surface area contributed by atoms with Crippen molar-refractivity contribution in [1.82, 2.24) is 19.5 Å². The second-order valence-corrected chi connectivity index (χ2v) is 9.72. The zero-order valence-corrected chi connectivity index (χ0v) is 17.1. The highest BCUT2D eigenvalue weighted by Gasteiger charge is 2.50. The van der Waals surface area contributed by atoms with Crippen LogP contribution in [-0.4, -0.2) is 51.5 Å². The number of methoxy groups -OCH3 is 1. The monoisotopic (exact) mass is 415 g/mol. The van der Waals surface area contributed by atoms with Gasteiger partial charge in [-0.2, -0.15) is 9.97 Å². The third-order valence-corrected chi connectivity index (χ3v) is 6.99. The first-order valence-corrected chi connectivity index (χ1v) is 11.2. The summed E-state index contributed by atoms with van der Waals surface area (Å²) in [5.41, 5.74) is 6.86. The first kappa shape index (κ1) is 19.0. The summed E-state index contributed by atoms with van der Waals surface area (Å²) in [5, 5.41) is 0.